The minimum absolute atomic E-state index is 0.152. The fourth-order valence-electron chi connectivity index (χ4n) is 1.10. The number of benzene rings is 1. The molecule has 0 aliphatic rings. The summed E-state index contributed by atoms with van der Waals surface area (Å²) in [5.74, 6) is -0.842. The van der Waals surface area contributed by atoms with Crippen LogP contribution in [0.5, 0.6) is 0 Å². The van der Waals surface area contributed by atoms with Gasteiger partial charge in [0.15, 0.2) is 0 Å². The van der Waals surface area contributed by atoms with Gasteiger partial charge < -0.3 is 0 Å². The number of hydrogen-bond acceptors (Lipinski definition) is 6. The number of hydrogen-bond donors (Lipinski definition) is 2. The van der Waals surface area contributed by atoms with Gasteiger partial charge in [-0.2, -0.15) is 0 Å². The molecule has 0 aliphatic heterocycles. The summed E-state index contributed by atoms with van der Waals surface area (Å²) in [6.45, 7) is -0.869. The van der Waals surface area contributed by atoms with Crippen molar-refractivity contribution in [3.63, 3.8) is 0 Å². The van der Waals surface area contributed by atoms with E-state index in [0.29, 0.717) is 0 Å². The Hall–Kier alpha value is -1.07. The fraction of sp³-hybridized carbons (Fsp3) is 0.125. The van der Waals surface area contributed by atoms with E-state index >= 15 is 0 Å². The molecule has 0 atom stereocenters. The van der Waals surface area contributed by atoms with E-state index in [1.54, 1.807) is 0 Å². The van der Waals surface area contributed by atoms with Crippen LogP contribution in [-0.4, -0.2) is 31.7 Å². The quantitative estimate of drug-likeness (QED) is 0.338. The van der Waals surface area contributed by atoms with Crippen molar-refractivity contribution in [1.82, 2.24) is 0 Å². The SMILES string of the molecule is Nc1ccc([As](=O)([O-])[O-])c(C(=O)CO)c1. The van der Waals surface area contributed by atoms with Gasteiger partial charge in [0.25, 0.3) is 0 Å². The number of carbonyl (C=O) groups is 1. The van der Waals surface area contributed by atoms with Crippen molar-refractivity contribution >= 4 is 30.0 Å². The van der Waals surface area contributed by atoms with Gasteiger partial charge in [0.1, 0.15) is 0 Å². The molecule has 1 rings (SSSR count). The van der Waals surface area contributed by atoms with Gasteiger partial charge in [-0.15, -0.1) is 0 Å². The zero-order chi connectivity index (χ0) is 11.6. The first kappa shape index (κ1) is 12.0. The number of carbonyl (C=O) groups excluding carboxylic acids is 1. The van der Waals surface area contributed by atoms with E-state index in [1.807, 2.05) is 0 Å². The second-order valence-corrected chi connectivity index (χ2v) is 5.95. The molecule has 0 aromatic heterocycles. The summed E-state index contributed by atoms with van der Waals surface area (Å²) in [5, 5.41) is 8.59. The molecule has 15 heavy (non-hydrogen) atoms. The molecule has 0 heterocycles. The van der Waals surface area contributed by atoms with Crippen LogP contribution in [0.3, 0.4) is 0 Å². The Morgan fingerprint density at radius 3 is 2.53 bits per heavy atom. The van der Waals surface area contributed by atoms with Gasteiger partial charge >= 0.3 is 87.9 Å². The van der Waals surface area contributed by atoms with Gasteiger partial charge in [-0.05, 0) is 0 Å². The zero-order valence-electron chi connectivity index (χ0n) is 7.54. The first-order chi connectivity index (χ1) is 6.86. The van der Waals surface area contributed by atoms with Gasteiger partial charge in [-0.3, -0.25) is 0 Å². The third kappa shape index (κ3) is 2.70. The monoisotopic (exact) mass is 273 g/mol. The summed E-state index contributed by atoms with van der Waals surface area (Å²) in [4.78, 5) is 11.1. The number of aliphatic hydroxyl groups is 1. The molecule has 0 bridgehead atoms. The van der Waals surface area contributed by atoms with Crippen LogP contribution < -0.4 is 18.3 Å². The van der Waals surface area contributed by atoms with Crippen LogP contribution in [0.25, 0.3) is 0 Å². The molecule has 1 aromatic rings. The number of nitrogens with two attached hydrogens (primary N) is 1. The normalized spacial score (nSPS) is 11.4. The summed E-state index contributed by atoms with van der Waals surface area (Å²) in [5.41, 5.74) is 5.15. The predicted octanol–water partition coefficient (Wildman–Crippen LogP) is -3.26. The van der Waals surface area contributed by atoms with Crippen molar-refractivity contribution in [3.05, 3.63) is 23.8 Å². The molecule has 7 heteroatoms. The first-order valence-corrected chi connectivity index (χ1v) is 7.16. The average Bonchev–Trinajstić information content (AvgIpc) is 2.14. The number of rotatable bonds is 3. The second-order valence-electron chi connectivity index (χ2n) is 2.86. The van der Waals surface area contributed by atoms with Crippen molar-refractivity contribution < 1.29 is 21.8 Å². The summed E-state index contributed by atoms with van der Waals surface area (Å²) in [6, 6.07) is 3.27. The third-order valence-electron chi connectivity index (χ3n) is 1.76. The van der Waals surface area contributed by atoms with Crippen LogP contribution in [0, 0.1) is 0 Å². The summed E-state index contributed by atoms with van der Waals surface area (Å²) in [7, 11) is 0. The van der Waals surface area contributed by atoms with E-state index in [4.69, 9.17) is 10.8 Å². The van der Waals surface area contributed by atoms with Crippen molar-refractivity contribution in [2.24, 2.45) is 0 Å². The molecular weight excluding hydrogens is 265 g/mol. The van der Waals surface area contributed by atoms with Crippen LogP contribution in [0.2, 0.25) is 0 Å². The summed E-state index contributed by atoms with van der Waals surface area (Å²) >= 11 is -5.66. The molecule has 0 aliphatic carbocycles. The Bertz CT molecular complexity index is 439. The molecular formula is C8H8AsNO5-2. The van der Waals surface area contributed by atoms with Crippen LogP contribution in [0.15, 0.2) is 18.2 Å². The molecule has 0 saturated heterocycles. The average molecular weight is 273 g/mol. The third-order valence-corrected chi connectivity index (χ3v) is 3.82. The molecule has 0 amide bonds. The molecule has 0 fully saturated rings. The van der Waals surface area contributed by atoms with Crippen LogP contribution in [0.4, 0.5) is 5.69 Å². The Balaban J connectivity index is 3.40. The van der Waals surface area contributed by atoms with Gasteiger partial charge in [0, 0.05) is 0 Å². The molecule has 6 nitrogen and oxygen atoms in total. The van der Waals surface area contributed by atoms with Gasteiger partial charge in [0.2, 0.25) is 0 Å². The Morgan fingerprint density at radius 2 is 2.07 bits per heavy atom. The summed E-state index contributed by atoms with van der Waals surface area (Å²) < 4.78 is 31.9. The predicted molar refractivity (Wildman–Crippen MR) is 48.3 cm³/mol. The summed E-state index contributed by atoms with van der Waals surface area (Å²) in [6.07, 6.45) is 0. The molecule has 0 saturated carbocycles. The van der Waals surface area contributed by atoms with E-state index in [1.165, 1.54) is 6.07 Å². The molecule has 0 radical (unpaired) electrons. The van der Waals surface area contributed by atoms with Gasteiger partial charge in [-0.25, -0.2) is 0 Å². The number of anilines is 1. The van der Waals surface area contributed by atoms with Crippen molar-refractivity contribution in [1.29, 1.82) is 0 Å². The van der Waals surface area contributed by atoms with Crippen molar-refractivity contribution in [2.45, 2.75) is 0 Å². The van der Waals surface area contributed by atoms with Gasteiger partial charge in [0.05, 0.1) is 0 Å². The van der Waals surface area contributed by atoms with Crippen LogP contribution >= 0.6 is 0 Å². The van der Waals surface area contributed by atoms with E-state index in [0.717, 1.165) is 12.1 Å². The Morgan fingerprint density at radius 1 is 1.47 bits per heavy atom. The number of nitrogen functional groups attached to an aromatic ring is 1. The zero-order valence-corrected chi connectivity index (χ0v) is 9.42. The maximum absolute atomic E-state index is 11.1. The second kappa shape index (κ2) is 4.20. The Kier molecular flexibility index (Phi) is 3.36. The number of aliphatic hydroxyl groups excluding tert-OH is 1. The molecule has 0 unspecified atom stereocenters. The molecule has 1 aromatic carbocycles. The van der Waals surface area contributed by atoms with Crippen LogP contribution in [0.1, 0.15) is 10.4 Å². The number of Topliss-reactive ketones (excluding diaryl/α,β-unsaturated/α-hetero) is 1. The molecule has 3 N–H and O–H groups in total. The van der Waals surface area contributed by atoms with Crippen molar-refractivity contribution in [3.8, 4) is 0 Å². The molecule has 82 valence electrons. The topological polar surface area (TPSA) is 127 Å². The van der Waals surface area contributed by atoms with E-state index in [9.17, 15) is 16.7 Å². The van der Waals surface area contributed by atoms with E-state index < -0.39 is 30.9 Å². The molecule has 0 spiro atoms. The van der Waals surface area contributed by atoms with Crippen molar-refractivity contribution in [2.75, 3.05) is 12.3 Å². The number of ketones is 1. The fourth-order valence-corrected chi connectivity index (χ4v) is 2.66. The van der Waals surface area contributed by atoms with Gasteiger partial charge in [-0.1, -0.05) is 0 Å². The van der Waals surface area contributed by atoms with E-state index in [-0.39, 0.29) is 11.3 Å². The van der Waals surface area contributed by atoms with Crippen LogP contribution in [-0.2, 0) is 3.74 Å². The Labute approximate surface area is 88.3 Å². The van der Waals surface area contributed by atoms with E-state index in [2.05, 4.69) is 0 Å². The first-order valence-electron chi connectivity index (χ1n) is 3.92. The minimum atomic E-state index is -5.66. The maximum atomic E-state index is 11.1. The standard InChI is InChI=1S/C8H10AsNO5/c10-5-1-2-7(9(13,14)15)6(3-5)8(12)4-11/h1-3,11H,4,10H2,(H2,13,14,15)/p-2.